The second-order valence-electron chi connectivity index (χ2n) is 4.66. The third-order valence-corrected chi connectivity index (χ3v) is 3.06. The largest absolute Gasteiger partial charge is 0.421 e. The topological polar surface area (TPSA) is 29.1 Å². The molecule has 0 saturated heterocycles. The van der Waals surface area contributed by atoms with Gasteiger partial charge in [-0.1, -0.05) is 6.07 Å². The number of halogens is 10. The number of anilines is 1. The van der Waals surface area contributed by atoms with Gasteiger partial charge in [-0.05, 0) is 24.6 Å². The van der Waals surface area contributed by atoms with E-state index in [0.29, 0.717) is 6.07 Å². The van der Waals surface area contributed by atoms with Crippen molar-refractivity contribution in [2.45, 2.75) is 25.5 Å². The zero-order chi connectivity index (χ0) is 19.1. The fourth-order valence-electron chi connectivity index (χ4n) is 1.81. The van der Waals surface area contributed by atoms with E-state index in [9.17, 15) is 48.7 Å². The Balaban J connectivity index is 3.56. The van der Waals surface area contributed by atoms with E-state index < -0.39 is 41.4 Å². The van der Waals surface area contributed by atoms with E-state index in [-0.39, 0.29) is 5.56 Å². The summed E-state index contributed by atoms with van der Waals surface area (Å²) in [7, 11) is 0. The summed E-state index contributed by atoms with van der Waals surface area (Å²) >= 11 is 0. The summed E-state index contributed by atoms with van der Waals surface area (Å²) in [5, 5.41) is 0.873. The molecule has 1 N–H and O–H groups in total. The number of rotatable bonds is 2. The van der Waals surface area contributed by atoms with Crippen LogP contribution >= 0.6 is 0 Å². The molecule has 0 aliphatic rings. The van der Waals surface area contributed by atoms with Crippen molar-refractivity contribution < 1.29 is 48.7 Å². The van der Waals surface area contributed by atoms with Crippen molar-refractivity contribution in [2.24, 2.45) is 5.41 Å². The monoisotopic (exact) mass is 371 g/mol. The maximum atomic E-state index is 13.0. The molecule has 0 aromatic heterocycles. The lowest BCUT2D eigenvalue weighted by Crippen LogP contribution is -2.65. The van der Waals surface area contributed by atoms with Gasteiger partial charge >= 0.3 is 23.9 Å². The van der Waals surface area contributed by atoms with Crippen LogP contribution in [0.15, 0.2) is 18.2 Å². The molecule has 0 unspecified atom stereocenters. The summed E-state index contributed by atoms with van der Waals surface area (Å²) < 4.78 is 128. The van der Waals surface area contributed by atoms with Crippen LogP contribution in [0.5, 0.6) is 0 Å². The highest BCUT2D eigenvalue weighted by Gasteiger charge is 2.88. The number of alkyl halides is 9. The molecule has 0 aliphatic carbocycles. The molecule has 0 spiro atoms. The molecule has 0 radical (unpaired) electrons. The lowest BCUT2D eigenvalue weighted by molar-refractivity contribution is -0.405. The average molecular weight is 371 g/mol. The smallest absolute Gasteiger partial charge is 0.324 e. The minimum absolute atomic E-state index is 0.245. The fourth-order valence-corrected chi connectivity index (χ4v) is 1.81. The van der Waals surface area contributed by atoms with Gasteiger partial charge in [0.2, 0.25) is 0 Å². The van der Waals surface area contributed by atoms with Crippen molar-refractivity contribution in [1.29, 1.82) is 0 Å². The Morgan fingerprint density at radius 3 is 1.67 bits per heavy atom. The SMILES string of the molecule is Cc1ccc(F)cc1NC(=O)C(C(F)(F)F)(C(F)(F)F)C(F)(F)F. The molecule has 2 nitrogen and oxygen atoms in total. The van der Waals surface area contributed by atoms with Crippen molar-refractivity contribution in [1.82, 2.24) is 0 Å². The Kier molecular flexibility index (Phi) is 4.85. The minimum Gasteiger partial charge on any atom is -0.324 e. The molecule has 0 fully saturated rings. The second kappa shape index (κ2) is 5.81. The van der Waals surface area contributed by atoms with Crippen molar-refractivity contribution in [3.63, 3.8) is 0 Å². The molecule has 136 valence electrons. The number of carbonyl (C=O) groups is 1. The summed E-state index contributed by atoms with van der Waals surface area (Å²) in [5.41, 5.74) is -7.86. The molecule has 0 bridgehead atoms. The zero-order valence-corrected chi connectivity index (χ0v) is 11.4. The number of hydrogen-bond donors (Lipinski definition) is 1. The van der Waals surface area contributed by atoms with Crippen molar-refractivity contribution in [3.8, 4) is 0 Å². The maximum Gasteiger partial charge on any atom is 0.421 e. The second-order valence-corrected chi connectivity index (χ2v) is 4.66. The van der Waals surface area contributed by atoms with Gasteiger partial charge in [0.25, 0.3) is 5.91 Å². The summed E-state index contributed by atoms with van der Waals surface area (Å²) in [6.07, 6.45) is -21.1. The van der Waals surface area contributed by atoms with Crippen LogP contribution in [0, 0.1) is 18.2 Å². The molecular formula is C12H7F10NO. The van der Waals surface area contributed by atoms with Gasteiger partial charge in [0, 0.05) is 5.69 Å². The first-order valence-corrected chi connectivity index (χ1v) is 5.83. The van der Waals surface area contributed by atoms with Gasteiger partial charge in [-0.25, -0.2) is 4.39 Å². The first-order valence-electron chi connectivity index (χ1n) is 5.83. The quantitative estimate of drug-likeness (QED) is 0.748. The van der Waals surface area contributed by atoms with E-state index in [1.165, 1.54) is 0 Å². The Bertz CT molecular complexity index is 592. The van der Waals surface area contributed by atoms with E-state index in [1.54, 1.807) is 0 Å². The van der Waals surface area contributed by atoms with E-state index in [0.717, 1.165) is 24.4 Å². The van der Waals surface area contributed by atoms with Crippen LogP contribution < -0.4 is 5.32 Å². The van der Waals surface area contributed by atoms with E-state index in [4.69, 9.17) is 0 Å². The van der Waals surface area contributed by atoms with E-state index in [1.807, 2.05) is 0 Å². The molecule has 0 heterocycles. The van der Waals surface area contributed by atoms with Gasteiger partial charge in [0.15, 0.2) is 0 Å². The van der Waals surface area contributed by atoms with E-state index in [2.05, 4.69) is 0 Å². The number of amides is 1. The highest BCUT2D eigenvalue weighted by atomic mass is 19.4. The van der Waals surface area contributed by atoms with Crippen LogP contribution in [-0.4, -0.2) is 24.4 Å². The molecular weight excluding hydrogens is 364 g/mol. The van der Waals surface area contributed by atoms with Gasteiger partial charge in [-0.3, -0.25) is 4.79 Å². The van der Waals surface area contributed by atoms with Crippen LogP contribution in [-0.2, 0) is 4.79 Å². The van der Waals surface area contributed by atoms with Crippen LogP contribution in [0.1, 0.15) is 5.56 Å². The first kappa shape index (κ1) is 20.0. The van der Waals surface area contributed by atoms with Crippen LogP contribution in [0.25, 0.3) is 0 Å². The third-order valence-electron chi connectivity index (χ3n) is 3.06. The maximum absolute atomic E-state index is 13.0. The van der Waals surface area contributed by atoms with Crippen molar-refractivity contribution in [2.75, 3.05) is 5.32 Å². The van der Waals surface area contributed by atoms with Crippen LogP contribution in [0.3, 0.4) is 0 Å². The van der Waals surface area contributed by atoms with Gasteiger partial charge in [0.1, 0.15) is 5.82 Å². The van der Waals surface area contributed by atoms with Crippen molar-refractivity contribution >= 4 is 11.6 Å². The molecule has 1 aromatic carbocycles. The number of nitrogens with one attached hydrogen (secondary N) is 1. The highest BCUT2D eigenvalue weighted by Crippen LogP contribution is 2.59. The molecule has 0 aliphatic heterocycles. The van der Waals surface area contributed by atoms with E-state index >= 15 is 0 Å². The lowest BCUT2D eigenvalue weighted by Gasteiger charge is -2.37. The van der Waals surface area contributed by atoms with Gasteiger partial charge < -0.3 is 5.32 Å². The molecule has 1 aromatic rings. The fraction of sp³-hybridized carbons (Fsp3) is 0.417. The predicted molar refractivity (Wildman–Crippen MR) is 60.4 cm³/mol. The summed E-state index contributed by atoms with van der Waals surface area (Å²) in [5.74, 6) is -4.61. The number of benzene rings is 1. The Labute approximate surface area is 127 Å². The highest BCUT2D eigenvalue weighted by molar-refractivity contribution is 5.97. The summed E-state index contributed by atoms with van der Waals surface area (Å²) in [6, 6.07) is 1.89. The van der Waals surface area contributed by atoms with Crippen molar-refractivity contribution in [3.05, 3.63) is 29.6 Å². The molecule has 1 rings (SSSR count). The Morgan fingerprint density at radius 2 is 1.29 bits per heavy atom. The molecule has 0 atom stereocenters. The van der Waals surface area contributed by atoms with Gasteiger partial charge in [0.05, 0.1) is 0 Å². The number of carbonyl (C=O) groups excluding carboxylic acids is 1. The molecule has 1 amide bonds. The van der Waals surface area contributed by atoms with Gasteiger partial charge in [-0.2, -0.15) is 39.5 Å². The minimum atomic E-state index is -7.03. The summed E-state index contributed by atoms with van der Waals surface area (Å²) in [4.78, 5) is 11.4. The third kappa shape index (κ3) is 3.13. The average Bonchev–Trinajstić information content (AvgIpc) is 2.28. The van der Waals surface area contributed by atoms with Crippen LogP contribution in [0.4, 0.5) is 49.6 Å². The Hall–Kier alpha value is -2.01. The Morgan fingerprint density at radius 1 is 0.875 bits per heavy atom. The molecule has 12 heteroatoms. The normalized spacial score (nSPS) is 13.8. The number of aryl methyl sites for hydroxylation is 1. The molecule has 0 saturated carbocycles. The predicted octanol–water partition coefficient (Wildman–Crippen LogP) is 4.75. The summed E-state index contributed by atoms with van der Waals surface area (Å²) in [6.45, 7) is 1.03. The lowest BCUT2D eigenvalue weighted by atomic mass is 9.84. The zero-order valence-electron chi connectivity index (χ0n) is 11.4. The first-order chi connectivity index (χ1) is 10.6. The van der Waals surface area contributed by atoms with Crippen LogP contribution in [0.2, 0.25) is 0 Å². The van der Waals surface area contributed by atoms with Gasteiger partial charge in [-0.15, -0.1) is 0 Å². The standard InChI is InChI=1S/C12H7F10NO/c1-5-2-3-6(13)4-7(5)23-8(24)9(10(14,15)16,11(17,18)19)12(20,21)22/h2-4H,1H3,(H,23,24). The number of hydrogen-bond acceptors (Lipinski definition) is 1. The molecule has 24 heavy (non-hydrogen) atoms.